The summed E-state index contributed by atoms with van der Waals surface area (Å²) in [5, 5.41) is 0. The zero-order valence-electron chi connectivity index (χ0n) is 11.1. The van der Waals surface area contributed by atoms with Crippen molar-refractivity contribution in [1.82, 2.24) is 0 Å². The molecule has 0 unspecified atom stereocenters. The van der Waals surface area contributed by atoms with Gasteiger partial charge < -0.3 is 0 Å². The van der Waals surface area contributed by atoms with Gasteiger partial charge in [-0.1, -0.05) is 17.7 Å². The van der Waals surface area contributed by atoms with E-state index >= 15 is 0 Å². The minimum atomic E-state index is 1.11. The van der Waals surface area contributed by atoms with Crippen molar-refractivity contribution in [3.63, 3.8) is 0 Å². The summed E-state index contributed by atoms with van der Waals surface area (Å²) < 4.78 is 2.15. The van der Waals surface area contributed by atoms with E-state index in [2.05, 4.69) is 56.0 Å². The van der Waals surface area contributed by atoms with Crippen LogP contribution in [0.5, 0.6) is 0 Å². The highest BCUT2D eigenvalue weighted by Gasteiger charge is 2.17. The van der Waals surface area contributed by atoms with Crippen molar-refractivity contribution >= 4 is 17.5 Å². The molecule has 1 nitrogen and oxygen atoms in total. The molecule has 17 heavy (non-hydrogen) atoms. The zero-order chi connectivity index (χ0) is 12.4. The molecule has 0 fully saturated rings. The lowest BCUT2D eigenvalue weighted by atomic mass is 10.1. The number of hydrogen-bond donors (Lipinski definition) is 0. The van der Waals surface area contributed by atoms with Crippen LogP contribution in [0, 0.1) is 0 Å². The van der Waals surface area contributed by atoms with Crippen LogP contribution in [0.25, 0.3) is 5.57 Å². The second-order valence-electron chi connectivity index (χ2n) is 4.71. The van der Waals surface area contributed by atoms with Crippen molar-refractivity contribution in [2.45, 2.75) is 27.2 Å². The van der Waals surface area contributed by atoms with Crippen LogP contribution >= 0.6 is 0 Å². The first-order valence-corrected chi connectivity index (χ1v) is 6.12. The number of hydrogen-bond acceptors (Lipinski definition) is 0. The van der Waals surface area contributed by atoms with Crippen molar-refractivity contribution < 1.29 is 4.58 Å². The van der Waals surface area contributed by atoms with Gasteiger partial charge >= 0.3 is 0 Å². The van der Waals surface area contributed by atoms with Crippen LogP contribution in [0.2, 0.25) is 0 Å². The Kier molecular flexibility index (Phi) is 3.28. The van der Waals surface area contributed by atoms with E-state index in [-0.39, 0.29) is 0 Å². The average Bonchev–Trinajstić information content (AvgIpc) is 2.62. The summed E-state index contributed by atoms with van der Waals surface area (Å²) in [7, 11) is 2.09. The van der Waals surface area contributed by atoms with Crippen LogP contribution in [-0.2, 0) is 6.42 Å². The van der Waals surface area contributed by atoms with Crippen LogP contribution < -0.4 is 0 Å². The van der Waals surface area contributed by atoms with E-state index in [4.69, 9.17) is 0 Å². The molecule has 0 saturated heterocycles. The summed E-state index contributed by atoms with van der Waals surface area (Å²) in [4.78, 5) is 0. The maximum Gasteiger partial charge on any atom is 0.205 e. The minimum Gasteiger partial charge on any atom is -0.202 e. The Bertz CT molecular complexity index is 530. The van der Waals surface area contributed by atoms with Gasteiger partial charge in [0.2, 0.25) is 5.69 Å². The Balaban J connectivity index is 2.41. The van der Waals surface area contributed by atoms with Gasteiger partial charge in [-0.3, -0.25) is 0 Å². The second-order valence-corrected chi connectivity index (χ2v) is 4.71. The summed E-state index contributed by atoms with van der Waals surface area (Å²) in [6.45, 7) is 6.48. The van der Waals surface area contributed by atoms with E-state index in [1.54, 1.807) is 0 Å². The third-order valence-electron chi connectivity index (χ3n) is 3.50. The molecule has 88 valence electrons. The first kappa shape index (κ1) is 11.8. The van der Waals surface area contributed by atoms with Gasteiger partial charge in [0.05, 0.1) is 0 Å². The highest BCUT2D eigenvalue weighted by molar-refractivity contribution is 5.76. The van der Waals surface area contributed by atoms with Crippen LogP contribution in [0.3, 0.4) is 0 Å². The molecule has 1 heteroatoms. The SMILES string of the molecule is CC=CC=[N+](C)c1ccc2c(c1)C(C)=C(C)C2. The first-order chi connectivity index (χ1) is 8.13. The second kappa shape index (κ2) is 4.70. The van der Waals surface area contributed by atoms with Gasteiger partial charge in [0, 0.05) is 12.1 Å². The van der Waals surface area contributed by atoms with Crippen LogP contribution in [0.4, 0.5) is 5.69 Å². The number of benzene rings is 1. The standard InChI is InChI=1S/C16H20N/c1-5-6-9-17(4)15-8-7-14-10-12(2)13(3)16(14)11-15/h5-9,11H,10H2,1-4H3/q+1. The molecule has 0 bridgehead atoms. The van der Waals surface area contributed by atoms with Gasteiger partial charge in [0.15, 0.2) is 6.21 Å². The average molecular weight is 226 g/mol. The minimum absolute atomic E-state index is 1.11. The van der Waals surface area contributed by atoms with E-state index in [1.165, 1.54) is 28.0 Å². The van der Waals surface area contributed by atoms with E-state index in [0.717, 1.165) is 6.42 Å². The fourth-order valence-corrected chi connectivity index (χ4v) is 2.24. The predicted octanol–water partition coefficient (Wildman–Crippen LogP) is 3.96. The molecule has 1 aromatic carbocycles. The molecular formula is C16H20N+. The molecule has 1 aliphatic rings. The van der Waals surface area contributed by atoms with Crippen LogP contribution in [0.1, 0.15) is 31.9 Å². The summed E-state index contributed by atoms with van der Waals surface area (Å²) in [5.41, 5.74) is 7.07. The molecule has 2 rings (SSSR count). The van der Waals surface area contributed by atoms with Crippen LogP contribution in [0.15, 0.2) is 35.9 Å². The van der Waals surface area contributed by atoms with Crippen molar-refractivity contribution in [1.29, 1.82) is 0 Å². The molecule has 0 atom stereocenters. The molecule has 0 aromatic heterocycles. The topological polar surface area (TPSA) is 3.01 Å². The summed E-state index contributed by atoms with van der Waals surface area (Å²) in [6, 6.07) is 6.75. The third kappa shape index (κ3) is 2.23. The fraction of sp³-hybridized carbons (Fsp3) is 0.312. The highest BCUT2D eigenvalue weighted by Crippen LogP contribution is 2.34. The molecule has 0 spiro atoms. The molecule has 1 aromatic rings. The maximum absolute atomic E-state index is 2.29. The van der Waals surface area contributed by atoms with E-state index in [9.17, 15) is 0 Å². The van der Waals surface area contributed by atoms with Gasteiger partial charge in [0.1, 0.15) is 7.05 Å². The van der Waals surface area contributed by atoms with Crippen molar-refractivity contribution in [3.05, 3.63) is 47.1 Å². The van der Waals surface area contributed by atoms with E-state index < -0.39 is 0 Å². The van der Waals surface area contributed by atoms with Crippen molar-refractivity contribution in [2.24, 2.45) is 0 Å². The molecule has 0 radical (unpaired) electrons. The summed E-state index contributed by atoms with van der Waals surface area (Å²) >= 11 is 0. The van der Waals surface area contributed by atoms with E-state index in [0.29, 0.717) is 0 Å². The summed E-state index contributed by atoms with van der Waals surface area (Å²) in [5.74, 6) is 0. The lowest BCUT2D eigenvalue weighted by Crippen LogP contribution is -1.98. The molecule has 0 aliphatic heterocycles. The van der Waals surface area contributed by atoms with Gasteiger partial charge in [-0.15, -0.1) is 0 Å². The largest absolute Gasteiger partial charge is 0.205 e. The lowest BCUT2D eigenvalue weighted by Gasteiger charge is -2.02. The molecule has 0 saturated carbocycles. The fourth-order valence-electron chi connectivity index (χ4n) is 2.24. The number of fused-ring (bicyclic) bond motifs is 1. The van der Waals surface area contributed by atoms with Gasteiger partial charge in [-0.25, -0.2) is 4.58 Å². The number of allylic oxidation sites excluding steroid dienone is 4. The van der Waals surface area contributed by atoms with E-state index in [1.807, 2.05) is 13.0 Å². The quantitative estimate of drug-likeness (QED) is 0.530. The van der Waals surface area contributed by atoms with Crippen LogP contribution in [-0.4, -0.2) is 17.8 Å². The first-order valence-electron chi connectivity index (χ1n) is 6.12. The van der Waals surface area contributed by atoms with Gasteiger partial charge in [-0.2, -0.15) is 0 Å². The molecule has 0 amide bonds. The lowest BCUT2D eigenvalue weighted by molar-refractivity contribution is -0.398. The van der Waals surface area contributed by atoms with Crippen molar-refractivity contribution in [3.8, 4) is 0 Å². The Morgan fingerprint density at radius 2 is 2.00 bits per heavy atom. The molecular weight excluding hydrogens is 206 g/mol. The number of rotatable bonds is 2. The predicted molar refractivity (Wildman–Crippen MR) is 75.1 cm³/mol. The molecule has 0 N–H and O–H groups in total. The third-order valence-corrected chi connectivity index (χ3v) is 3.50. The molecule has 1 aliphatic carbocycles. The maximum atomic E-state index is 2.29. The normalized spacial score (nSPS) is 15.9. The van der Waals surface area contributed by atoms with Gasteiger partial charge in [0.25, 0.3) is 0 Å². The smallest absolute Gasteiger partial charge is 0.202 e. The summed E-state index contributed by atoms with van der Waals surface area (Å²) in [6.07, 6.45) is 7.30. The van der Waals surface area contributed by atoms with Gasteiger partial charge in [-0.05, 0) is 50.0 Å². The Labute approximate surface area is 104 Å². The highest BCUT2D eigenvalue weighted by atomic mass is 15.0. The molecule has 0 heterocycles. The van der Waals surface area contributed by atoms with Crippen molar-refractivity contribution in [2.75, 3.05) is 7.05 Å². The number of nitrogens with zero attached hydrogens (tertiary/aromatic N) is 1. The zero-order valence-corrected chi connectivity index (χ0v) is 11.1. The Hall–Kier alpha value is -1.63. The Morgan fingerprint density at radius 1 is 1.24 bits per heavy atom. The monoisotopic (exact) mass is 226 g/mol. The Morgan fingerprint density at radius 3 is 2.71 bits per heavy atom.